The molecule has 0 atom stereocenters. The quantitative estimate of drug-likeness (QED) is 0.482. The number of benzene rings is 2. The molecule has 3 rings (SSSR count). The number of nitrogens with one attached hydrogen (secondary N) is 1. The van der Waals surface area contributed by atoms with Crippen LogP contribution >= 0.6 is 0 Å². The van der Waals surface area contributed by atoms with Crippen molar-refractivity contribution in [3.8, 4) is 11.5 Å². The van der Waals surface area contributed by atoms with Crippen LogP contribution in [-0.2, 0) is 20.8 Å². The number of likely N-dealkylation sites (tertiary alicyclic amines) is 1. The highest BCUT2D eigenvalue weighted by Crippen LogP contribution is 2.37. The van der Waals surface area contributed by atoms with E-state index in [2.05, 4.69) is 0 Å². The maximum Gasteiger partial charge on any atom is 0.416 e. The van der Waals surface area contributed by atoms with Crippen LogP contribution in [0.3, 0.4) is 0 Å². The number of hydrogen-bond donors (Lipinski definition) is 2. The SMILES string of the molecule is CC.CN1CCC(C(=O)NO)(S(=O)(=O)c2ccc(Oc3ccc(C(F)(F)F)cc3)cc2)CC1. The molecule has 0 spiro atoms. The van der Waals surface area contributed by atoms with E-state index in [-0.39, 0.29) is 29.2 Å². The van der Waals surface area contributed by atoms with E-state index in [9.17, 15) is 26.4 Å². The Hall–Kier alpha value is -2.63. The summed E-state index contributed by atoms with van der Waals surface area (Å²) >= 11 is 0. The summed E-state index contributed by atoms with van der Waals surface area (Å²) < 4.78 is 68.2. The van der Waals surface area contributed by atoms with Gasteiger partial charge in [0, 0.05) is 0 Å². The Kier molecular flexibility index (Phi) is 8.50. The van der Waals surface area contributed by atoms with Gasteiger partial charge in [-0.2, -0.15) is 13.2 Å². The molecule has 0 unspecified atom stereocenters. The predicted octanol–water partition coefficient (Wildman–Crippen LogP) is 4.27. The largest absolute Gasteiger partial charge is 0.457 e. The van der Waals surface area contributed by atoms with Gasteiger partial charge in [0.2, 0.25) is 0 Å². The van der Waals surface area contributed by atoms with Crippen LogP contribution in [0.4, 0.5) is 13.2 Å². The highest BCUT2D eigenvalue weighted by atomic mass is 32.2. The van der Waals surface area contributed by atoms with E-state index in [1.54, 1.807) is 7.05 Å². The number of hydrogen-bond acceptors (Lipinski definition) is 6. The lowest BCUT2D eigenvalue weighted by Gasteiger charge is -2.38. The third-order valence-corrected chi connectivity index (χ3v) is 7.89. The first kappa shape index (κ1) is 26.6. The smallest absolute Gasteiger partial charge is 0.416 e. The molecule has 0 bridgehead atoms. The van der Waals surface area contributed by atoms with Crippen molar-refractivity contribution in [1.29, 1.82) is 0 Å². The predicted molar refractivity (Wildman–Crippen MR) is 116 cm³/mol. The van der Waals surface area contributed by atoms with Crippen LogP contribution in [0.1, 0.15) is 32.3 Å². The van der Waals surface area contributed by atoms with Crippen molar-refractivity contribution in [3.05, 3.63) is 54.1 Å². The lowest BCUT2D eigenvalue weighted by atomic mass is 9.95. The maximum atomic E-state index is 13.3. The molecule has 1 aliphatic heterocycles. The molecule has 2 aromatic rings. The molecule has 0 aromatic heterocycles. The Bertz CT molecular complexity index is 1030. The molecule has 7 nitrogen and oxygen atoms in total. The van der Waals surface area contributed by atoms with E-state index in [4.69, 9.17) is 9.94 Å². The number of carbonyl (C=O) groups excluding carboxylic acids is 1. The van der Waals surface area contributed by atoms with Gasteiger partial charge in [-0.3, -0.25) is 10.0 Å². The number of alkyl halides is 3. The summed E-state index contributed by atoms with van der Waals surface area (Å²) in [5, 5.41) is 9.14. The molecule has 0 radical (unpaired) electrons. The van der Waals surface area contributed by atoms with Crippen molar-refractivity contribution in [2.75, 3.05) is 20.1 Å². The minimum absolute atomic E-state index is 0.0159. The van der Waals surface area contributed by atoms with Crippen LogP contribution in [0.15, 0.2) is 53.4 Å². The van der Waals surface area contributed by atoms with Gasteiger partial charge in [-0.1, -0.05) is 13.8 Å². The number of rotatable bonds is 5. The molecule has 1 saturated heterocycles. The second-order valence-electron chi connectivity index (χ2n) is 7.34. The first-order valence-corrected chi connectivity index (χ1v) is 11.8. The van der Waals surface area contributed by atoms with Gasteiger partial charge in [0.15, 0.2) is 14.6 Å². The van der Waals surface area contributed by atoms with Gasteiger partial charge in [0.25, 0.3) is 5.91 Å². The van der Waals surface area contributed by atoms with E-state index < -0.39 is 32.2 Å². The van der Waals surface area contributed by atoms with Gasteiger partial charge in [-0.15, -0.1) is 0 Å². The minimum atomic E-state index is -4.46. The van der Waals surface area contributed by atoms with Crippen LogP contribution in [0, 0.1) is 0 Å². The number of piperidine rings is 1. The van der Waals surface area contributed by atoms with Crippen molar-refractivity contribution in [3.63, 3.8) is 0 Å². The van der Waals surface area contributed by atoms with Crippen LogP contribution in [0.25, 0.3) is 0 Å². The standard InChI is InChI=1S/C20H21F3N2O5S.C2H6/c1-25-12-10-19(11-13-25,18(26)24-27)31(28,29)17-8-6-16(7-9-17)30-15-4-2-14(3-5-15)20(21,22)23;1-2/h2-9,27H,10-13H2,1H3,(H,24,26);1-2H3. The molecule has 2 aromatic carbocycles. The van der Waals surface area contributed by atoms with Crippen molar-refractivity contribution in [2.24, 2.45) is 0 Å². The van der Waals surface area contributed by atoms with E-state index >= 15 is 0 Å². The molecule has 182 valence electrons. The van der Waals surface area contributed by atoms with Gasteiger partial charge in [-0.05, 0) is 81.5 Å². The van der Waals surface area contributed by atoms with Crippen LogP contribution in [0.2, 0.25) is 0 Å². The van der Waals surface area contributed by atoms with Gasteiger partial charge in [-0.25, -0.2) is 13.9 Å². The molecule has 1 fully saturated rings. The molecular formula is C22H27F3N2O5S. The summed E-state index contributed by atoms with van der Waals surface area (Å²) in [6.45, 7) is 4.73. The molecule has 33 heavy (non-hydrogen) atoms. The summed E-state index contributed by atoms with van der Waals surface area (Å²) in [6.07, 6.45) is -4.43. The van der Waals surface area contributed by atoms with Gasteiger partial charge >= 0.3 is 6.18 Å². The zero-order valence-electron chi connectivity index (χ0n) is 18.5. The van der Waals surface area contributed by atoms with E-state index in [1.165, 1.54) is 29.7 Å². The number of halogens is 3. The van der Waals surface area contributed by atoms with E-state index in [0.29, 0.717) is 13.1 Å². The van der Waals surface area contributed by atoms with Crippen molar-refractivity contribution in [1.82, 2.24) is 10.4 Å². The highest BCUT2D eigenvalue weighted by Gasteiger charge is 2.52. The van der Waals surface area contributed by atoms with Crippen LogP contribution in [-0.4, -0.2) is 49.3 Å². The molecule has 2 N–H and O–H groups in total. The van der Waals surface area contributed by atoms with Gasteiger partial charge in [0.05, 0.1) is 10.5 Å². The number of sulfone groups is 1. The summed E-state index contributed by atoms with van der Waals surface area (Å²) in [5.74, 6) is -0.622. The number of hydroxylamine groups is 1. The van der Waals surface area contributed by atoms with Gasteiger partial charge < -0.3 is 9.64 Å². The lowest BCUT2D eigenvalue weighted by Crippen LogP contribution is -2.57. The summed E-state index contributed by atoms with van der Waals surface area (Å²) in [6, 6.07) is 9.31. The molecular weight excluding hydrogens is 461 g/mol. The summed E-state index contributed by atoms with van der Waals surface area (Å²) in [7, 11) is -2.34. The molecule has 0 saturated carbocycles. The molecule has 1 heterocycles. The fraction of sp³-hybridized carbons (Fsp3) is 0.409. The Balaban J connectivity index is 0.00000187. The highest BCUT2D eigenvalue weighted by molar-refractivity contribution is 7.93. The van der Waals surface area contributed by atoms with E-state index in [0.717, 1.165) is 24.3 Å². The third kappa shape index (κ3) is 5.66. The topological polar surface area (TPSA) is 95.9 Å². The number of nitrogens with zero attached hydrogens (tertiary/aromatic N) is 1. The summed E-state index contributed by atoms with van der Waals surface area (Å²) in [4.78, 5) is 14.1. The fourth-order valence-corrected chi connectivity index (χ4v) is 5.42. The Labute approximate surface area is 191 Å². The molecule has 0 aliphatic carbocycles. The van der Waals surface area contributed by atoms with Crippen molar-refractivity contribution < 1.29 is 36.3 Å². The first-order chi connectivity index (χ1) is 15.5. The second-order valence-corrected chi connectivity index (χ2v) is 9.60. The zero-order valence-corrected chi connectivity index (χ0v) is 19.3. The number of amides is 1. The monoisotopic (exact) mass is 488 g/mol. The van der Waals surface area contributed by atoms with Gasteiger partial charge in [0.1, 0.15) is 11.5 Å². The number of carbonyl (C=O) groups is 1. The van der Waals surface area contributed by atoms with Crippen molar-refractivity contribution in [2.45, 2.75) is 42.5 Å². The fourth-order valence-electron chi connectivity index (χ4n) is 3.46. The molecule has 1 amide bonds. The van der Waals surface area contributed by atoms with Crippen LogP contribution < -0.4 is 10.2 Å². The zero-order chi connectivity index (χ0) is 24.9. The minimum Gasteiger partial charge on any atom is -0.457 e. The average Bonchev–Trinajstić information content (AvgIpc) is 2.80. The maximum absolute atomic E-state index is 13.3. The van der Waals surface area contributed by atoms with Crippen LogP contribution in [0.5, 0.6) is 11.5 Å². The molecule has 1 aliphatic rings. The first-order valence-electron chi connectivity index (χ1n) is 10.3. The second kappa shape index (κ2) is 10.5. The number of ether oxygens (including phenoxy) is 1. The normalized spacial score (nSPS) is 16.3. The Morgan fingerprint density at radius 2 is 1.45 bits per heavy atom. The third-order valence-electron chi connectivity index (χ3n) is 5.38. The Morgan fingerprint density at radius 3 is 1.88 bits per heavy atom. The Morgan fingerprint density at radius 1 is 1.00 bits per heavy atom. The molecule has 11 heteroatoms. The lowest BCUT2D eigenvalue weighted by molar-refractivity contribution is -0.137. The van der Waals surface area contributed by atoms with E-state index in [1.807, 2.05) is 18.7 Å². The average molecular weight is 489 g/mol. The van der Waals surface area contributed by atoms with Crippen molar-refractivity contribution >= 4 is 15.7 Å². The summed E-state index contributed by atoms with van der Waals surface area (Å²) in [5.41, 5.74) is 0.671.